The van der Waals surface area contributed by atoms with Crippen LogP contribution < -0.4 is 11.1 Å². The number of rotatable bonds is 4. The normalized spacial score (nSPS) is 10.8. The first-order valence-electron chi connectivity index (χ1n) is 6.24. The molecule has 8 heteroatoms. The van der Waals surface area contributed by atoms with Crippen molar-refractivity contribution in [3.8, 4) is 0 Å². The SMILES string of the molecule is NC(=O)Cc1csc(NC(=O)c2cc3cc(Cl)ccc3o2)n1. The van der Waals surface area contributed by atoms with Crippen molar-refractivity contribution in [2.45, 2.75) is 6.42 Å². The van der Waals surface area contributed by atoms with E-state index in [1.54, 1.807) is 29.6 Å². The van der Waals surface area contributed by atoms with Crippen LogP contribution in [-0.4, -0.2) is 16.8 Å². The summed E-state index contributed by atoms with van der Waals surface area (Å²) >= 11 is 7.10. The minimum absolute atomic E-state index is 0.0372. The zero-order valence-electron chi connectivity index (χ0n) is 11.1. The van der Waals surface area contributed by atoms with Crippen molar-refractivity contribution in [2.24, 2.45) is 5.73 Å². The van der Waals surface area contributed by atoms with Crippen LogP contribution in [0.2, 0.25) is 5.02 Å². The number of fused-ring (bicyclic) bond motifs is 1. The van der Waals surface area contributed by atoms with Crippen molar-refractivity contribution in [1.82, 2.24) is 4.98 Å². The Hall–Kier alpha value is -2.38. The predicted octanol–water partition coefficient (Wildman–Crippen LogP) is 2.82. The minimum Gasteiger partial charge on any atom is -0.451 e. The van der Waals surface area contributed by atoms with Gasteiger partial charge in [0.25, 0.3) is 5.91 Å². The van der Waals surface area contributed by atoms with E-state index in [1.807, 2.05) is 0 Å². The van der Waals surface area contributed by atoms with Crippen molar-refractivity contribution in [3.05, 3.63) is 46.1 Å². The van der Waals surface area contributed by atoms with Gasteiger partial charge in [-0.05, 0) is 24.3 Å². The summed E-state index contributed by atoms with van der Waals surface area (Å²) < 4.78 is 5.46. The predicted molar refractivity (Wildman–Crippen MR) is 84.2 cm³/mol. The lowest BCUT2D eigenvalue weighted by Crippen LogP contribution is -2.14. The Bertz CT molecular complexity index is 871. The summed E-state index contributed by atoms with van der Waals surface area (Å²) in [5, 5.41) is 5.97. The van der Waals surface area contributed by atoms with E-state index >= 15 is 0 Å². The van der Waals surface area contributed by atoms with E-state index < -0.39 is 11.8 Å². The van der Waals surface area contributed by atoms with Gasteiger partial charge in [-0.25, -0.2) is 4.98 Å². The quantitative estimate of drug-likeness (QED) is 0.765. The fourth-order valence-corrected chi connectivity index (χ4v) is 2.79. The number of halogens is 1. The molecule has 0 aliphatic heterocycles. The number of nitrogens with two attached hydrogens (primary N) is 1. The minimum atomic E-state index is -0.475. The van der Waals surface area contributed by atoms with Crippen LogP contribution in [0.25, 0.3) is 11.0 Å². The zero-order chi connectivity index (χ0) is 15.7. The van der Waals surface area contributed by atoms with Gasteiger partial charge >= 0.3 is 0 Å². The molecule has 3 aromatic rings. The second kappa shape index (κ2) is 5.78. The first kappa shape index (κ1) is 14.6. The van der Waals surface area contributed by atoms with Crippen LogP contribution in [0.5, 0.6) is 0 Å². The number of nitrogens with one attached hydrogen (secondary N) is 1. The molecule has 2 aromatic heterocycles. The third-order valence-corrected chi connectivity index (χ3v) is 3.87. The first-order valence-corrected chi connectivity index (χ1v) is 7.50. The molecule has 3 N–H and O–H groups in total. The molecule has 0 bridgehead atoms. The van der Waals surface area contributed by atoms with Crippen LogP contribution in [0.1, 0.15) is 16.2 Å². The molecule has 0 saturated heterocycles. The number of benzene rings is 1. The summed E-state index contributed by atoms with van der Waals surface area (Å²) in [7, 11) is 0. The third kappa shape index (κ3) is 3.10. The largest absolute Gasteiger partial charge is 0.451 e. The van der Waals surface area contributed by atoms with Crippen LogP contribution in [0.4, 0.5) is 5.13 Å². The summed E-state index contributed by atoms with van der Waals surface area (Å²) in [6.07, 6.45) is 0.0372. The number of carbonyl (C=O) groups excluding carboxylic acids is 2. The van der Waals surface area contributed by atoms with Crippen molar-refractivity contribution in [3.63, 3.8) is 0 Å². The Balaban J connectivity index is 1.77. The fourth-order valence-electron chi connectivity index (χ4n) is 1.91. The monoisotopic (exact) mass is 335 g/mol. The number of hydrogen-bond acceptors (Lipinski definition) is 5. The van der Waals surface area contributed by atoms with Gasteiger partial charge in [0.1, 0.15) is 5.58 Å². The molecule has 6 nitrogen and oxygen atoms in total. The lowest BCUT2D eigenvalue weighted by molar-refractivity contribution is -0.117. The molecule has 1 aromatic carbocycles. The maximum Gasteiger partial charge on any atom is 0.293 e. The Kier molecular flexibility index (Phi) is 3.82. The van der Waals surface area contributed by atoms with Crippen LogP contribution in [0, 0.1) is 0 Å². The lowest BCUT2D eigenvalue weighted by atomic mass is 10.2. The van der Waals surface area contributed by atoms with E-state index in [2.05, 4.69) is 10.3 Å². The van der Waals surface area contributed by atoms with Gasteiger partial charge in [0, 0.05) is 15.8 Å². The summed E-state index contributed by atoms with van der Waals surface area (Å²) in [4.78, 5) is 27.1. The number of primary amides is 1. The highest BCUT2D eigenvalue weighted by Gasteiger charge is 2.15. The molecule has 3 rings (SSSR count). The van der Waals surface area contributed by atoms with Gasteiger partial charge in [0.15, 0.2) is 10.9 Å². The maximum atomic E-state index is 12.1. The molecule has 0 unspecified atom stereocenters. The number of furan rings is 1. The number of nitrogens with zero attached hydrogens (tertiary/aromatic N) is 1. The van der Waals surface area contributed by atoms with E-state index in [0.717, 1.165) is 5.39 Å². The van der Waals surface area contributed by atoms with Gasteiger partial charge < -0.3 is 10.2 Å². The molecule has 0 fully saturated rings. The molecule has 2 heterocycles. The lowest BCUT2D eigenvalue weighted by Gasteiger charge is -1.97. The molecular formula is C14H10ClN3O3S. The Morgan fingerprint density at radius 3 is 2.95 bits per heavy atom. The topological polar surface area (TPSA) is 98.2 Å². The molecule has 0 radical (unpaired) electrons. The van der Waals surface area contributed by atoms with Gasteiger partial charge in [0.2, 0.25) is 5.91 Å². The Morgan fingerprint density at radius 2 is 2.18 bits per heavy atom. The highest BCUT2D eigenvalue weighted by atomic mass is 35.5. The molecule has 22 heavy (non-hydrogen) atoms. The smallest absolute Gasteiger partial charge is 0.293 e. The number of thiazole rings is 1. The summed E-state index contributed by atoms with van der Waals surface area (Å²) in [5.41, 5.74) is 6.18. The third-order valence-electron chi connectivity index (χ3n) is 2.83. The van der Waals surface area contributed by atoms with Crippen LogP contribution >= 0.6 is 22.9 Å². The number of carbonyl (C=O) groups is 2. The van der Waals surface area contributed by atoms with Gasteiger partial charge in [0.05, 0.1) is 12.1 Å². The average Bonchev–Trinajstić information content (AvgIpc) is 3.04. The van der Waals surface area contributed by atoms with E-state index in [9.17, 15) is 9.59 Å². The zero-order valence-corrected chi connectivity index (χ0v) is 12.7. The van der Waals surface area contributed by atoms with E-state index in [-0.39, 0.29) is 12.2 Å². The fraction of sp³-hybridized carbons (Fsp3) is 0.0714. The number of anilines is 1. The molecule has 0 spiro atoms. The highest BCUT2D eigenvalue weighted by Crippen LogP contribution is 2.24. The van der Waals surface area contributed by atoms with Crippen LogP contribution in [-0.2, 0) is 11.2 Å². The second-order valence-electron chi connectivity index (χ2n) is 4.53. The van der Waals surface area contributed by atoms with Gasteiger partial charge in [-0.1, -0.05) is 11.6 Å². The summed E-state index contributed by atoms with van der Waals surface area (Å²) in [6, 6.07) is 6.70. The van der Waals surface area contributed by atoms with Crippen LogP contribution in [0.3, 0.4) is 0 Å². The van der Waals surface area contributed by atoms with Gasteiger partial charge in [-0.3, -0.25) is 14.9 Å². The molecule has 0 saturated carbocycles. The van der Waals surface area contributed by atoms with Crippen molar-refractivity contribution >= 4 is 50.9 Å². The number of aromatic nitrogens is 1. The van der Waals surface area contributed by atoms with Crippen LogP contribution in [0.15, 0.2) is 34.1 Å². The molecule has 0 atom stereocenters. The first-order chi connectivity index (χ1) is 10.5. The van der Waals surface area contributed by atoms with Gasteiger partial charge in [-0.2, -0.15) is 0 Å². The maximum absolute atomic E-state index is 12.1. The van der Waals surface area contributed by atoms with Crippen molar-refractivity contribution in [1.29, 1.82) is 0 Å². The second-order valence-corrected chi connectivity index (χ2v) is 5.83. The Labute approximate surface area is 133 Å². The summed E-state index contributed by atoms with van der Waals surface area (Å²) in [6.45, 7) is 0. The van der Waals surface area contributed by atoms with Gasteiger partial charge in [-0.15, -0.1) is 11.3 Å². The highest BCUT2D eigenvalue weighted by molar-refractivity contribution is 7.14. The van der Waals surface area contributed by atoms with Crippen molar-refractivity contribution < 1.29 is 14.0 Å². The standard InChI is InChI=1S/C14H10ClN3O3S/c15-8-1-2-10-7(3-8)4-11(21-10)13(20)18-14-17-9(6-22-14)5-12(16)19/h1-4,6H,5H2,(H2,16,19)(H,17,18,20). The molecular weight excluding hydrogens is 326 g/mol. The van der Waals surface area contributed by atoms with E-state index in [1.165, 1.54) is 11.3 Å². The van der Waals surface area contributed by atoms with Crippen molar-refractivity contribution in [2.75, 3.05) is 5.32 Å². The number of hydrogen-bond donors (Lipinski definition) is 2. The van der Waals surface area contributed by atoms with E-state index in [0.29, 0.717) is 21.4 Å². The summed E-state index contributed by atoms with van der Waals surface area (Å²) in [5.74, 6) is -0.742. The number of amides is 2. The van der Waals surface area contributed by atoms with E-state index in [4.69, 9.17) is 21.8 Å². The molecule has 112 valence electrons. The Morgan fingerprint density at radius 1 is 1.36 bits per heavy atom. The molecule has 0 aliphatic carbocycles. The molecule has 2 amide bonds. The molecule has 0 aliphatic rings. The average molecular weight is 336 g/mol.